The largest absolute Gasteiger partial charge is 0.367 e. The van der Waals surface area contributed by atoms with Gasteiger partial charge in [-0.1, -0.05) is 0 Å². The van der Waals surface area contributed by atoms with Crippen LogP contribution in [0.3, 0.4) is 0 Å². The van der Waals surface area contributed by atoms with Gasteiger partial charge in [-0.25, -0.2) is 15.0 Å². The highest BCUT2D eigenvalue weighted by atomic mass is 32.1. The summed E-state index contributed by atoms with van der Waals surface area (Å²) in [5.41, 5.74) is 0.483. The Morgan fingerprint density at radius 1 is 1.32 bits per heavy atom. The Balaban J connectivity index is 1.51. The van der Waals surface area contributed by atoms with E-state index in [0.717, 1.165) is 23.7 Å². The Morgan fingerprint density at radius 2 is 2.23 bits per heavy atom. The van der Waals surface area contributed by atoms with E-state index in [4.69, 9.17) is 4.74 Å². The first-order valence-corrected chi connectivity index (χ1v) is 8.32. The highest BCUT2D eigenvalue weighted by Crippen LogP contribution is 2.37. The minimum Gasteiger partial charge on any atom is -0.367 e. The second-order valence-corrected chi connectivity index (χ2v) is 6.48. The van der Waals surface area contributed by atoms with Crippen molar-refractivity contribution in [2.75, 3.05) is 19.7 Å². The zero-order valence-electron chi connectivity index (χ0n) is 12.0. The molecular formula is C15H16N4O2S. The Kier molecular flexibility index (Phi) is 3.59. The number of hydrogen-bond donors (Lipinski definition) is 0. The van der Waals surface area contributed by atoms with Crippen LogP contribution < -0.4 is 0 Å². The van der Waals surface area contributed by atoms with Gasteiger partial charge in [0.2, 0.25) is 0 Å². The van der Waals surface area contributed by atoms with Gasteiger partial charge in [-0.05, 0) is 18.9 Å². The van der Waals surface area contributed by atoms with E-state index >= 15 is 0 Å². The maximum absolute atomic E-state index is 12.7. The molecule has 1 unspecified atom stereocenters. The van der Waals surface area contributed by atoms with Crippen LogP contribution in [0.1, 0.15) is 46.2 Å². The van der Waals surface area contributed by atoms with E-state index in [-0.39, 0.29) is 12.0 Å². The summed E-state index contributed by atoms with van der Waals surface area (Å²) >= 11 is 1.55. The Labute approximate surface area is 132 Å². The van der Waals surface area contributed by atoms with Gasteiger partial charge in [-0.2, -0.15) is 0 Å². The fraction of sp³-hybridized carbons (Fsp3) is 0.467. The molecule has 2 aromatic rings. The highest BCUT2D eigenvalue weighted by molar-refractivity contribution is 7.09. The molecule has 3 heterocycles. The topological polar surface area (TPSA) is 68.2 Å². The summed E-state index contributed by atoms with van der Waals surface area (Å²) in [6, 6.07) is 1.70. The summed E-state index contributed by atoms with van der Waals surface area (Å²) in [4.78, 5) is 27.5. The molecule has 1 aliphatic carbocycles. The molecule has 6 nitrogen and oxygen atoms in total. The average molecular weight is 316 g/mol. The van der Waals surface area contributed by atoms with Crippen LogP contribution >= 0.6 is 11.3 Å². The molecule has 1 saturated heterocycles. The van der Waals surface area contributed by atoms with Gasteiger partial charge in [-0.15, -0.1) is 11.3 Å². The smallest absolute Gasteiger partial charge is 0.272 e. The number of nitrogens with zero attached hydrogens (tertiary/aromatic N) is 4. The van der Waals surface area contributed by atoms with Gasteiger partial charge in [-0.3, -0.25) is 4.79 Å². The van der Waals surface area contributed by atoms with Crippen molar-refractivity contribution >= 4 is 17.2 Å². The van der Waals surface area contributed by atoms with E-state index in [1.165, 1.54) is 0 Å². The average Bonchev–Trinajstić information content (AvgIpc) is 3.29. The summed E-state index contributed by atoms with van der Waals surface area (Å²) < 4.78 is 5.73. The predicted octanol–water partition coefficient (Wildman–Crippen LogP) is 2.02. The Hall–Kier alpha value is -1.86. The van der Waals surface area contributed by atoms with Crippen molar-refractivity contribution in [3.63, 3.8) is 0 Å². The molecule has 0 spiro atoms. The van der Waals surface area contributed by atoms with Crippen LogP contribution in [-0.4, -0.2) is 45.5 Å². The number of rotatable bonds is 3. The third-order valence-corrected chi connectivity index (χ3v) is 4.78. The summed E-state index contributed by atoms with van der Waals surface area (Å²) in [6.45, 7) is 1.63. The van der Waals surface area contributed by atoms with Crippen LogP contribution in [-0.2, 0) is 4.74 Å². The molecule has 7 heteroatoms. The number of carbonyl (C=O) groups is 1. The quantitative estimate of drug-likeness (QED) is 0.866. The minimum absolute atomic E-state index is 0.0471. The maximum Gasteiger partial charge on any atom is 0.272 e. The zero-order chi connectivity index (χ0) is 14.9. The summed E-state index contributed by atoms with van der Waals surface area (Å²) in [5, 5.41) is 2.84. The monoisotopic (exact) mass is 316 g/mol. The Morgan fingerprint density at radius 3 is 3.00 bits per heavy atom. The third-order valence-electron chi connectivity index (χ3n) is 3.92. The van der Waals surface area contributed by atoms with Gasteiger partial charge in [0, 0.05) is 30.2 Å². The summed E-state index contributed by atoms with van der Waals surface area (Å²) in [6.07, 6.45) is 5.56. The van der Waals surface area contributed by atoms with E-state index in [1.54, 1.807) is 34.7 Å². The minimum atomic E-state index is -0.137. The molecule has 114 valence electrons. The van der Waals surface area contributed by atoms with Gasteiger partial charge in [0.1, 0.15) is 22.6 Å². The van der Waals surface area contributed by atoms with Crippen LogP contribution in [0.4, 0.5) is 0 Å². The standard InChI is InChI=1S/C15H16N4O2S/c20-15(11-3-4-16-13(18-11)10-1-2-10)19-6-7-21-12(9-19)14-17-5-8-22-14/h3-5,8,10,12H,1-2,6-7,9H2. The van der Waals surface area contributed by atoms with Gasteiger partial charge in [0.25, 0.3) is 5.91 Å². The predicted molar refractivity (Wildman–Crippen MR) is 80.7 cm³/mol. The first-order chi connectivity index (χ1) is 10.8. The Bertz CT molecular complexity index is 672. The normalized spacial score (nSPS) is 21.8. The lowest BCUT2D eigenvalue weighted by Gasteiger charge is -2.31. The number of amides is 1. The van der Waals surface area contributed by atoms with Crippen molar-refractivity contribution in [3.05, 3.63) is 40.4 Å². The zero-order valence-corrected chi connectivity index (χ0v) is 12.8. The number of aromatic nitrogens is 3. The number of ether oxygens (including phenoxy) is 1. The van der Waals surface area contributed by atoms with Gasteiger partial charge in [0.05, 0.1) is 13.2 Å². The van der Waals surface area contributed by atoms with Gasteiger partial charge in [0.15, 0.2) is 0 Å². The van der Waals surface area contributed by atoms with Crippen LogP contribution in [0.5, 0.6) is 0 Å². The molecule has 0 bridgehead atoms. The first kappa shape index (κ1) is 13.8. The molecule has 0 radical (unpaired) electrons. The maximum atomic E-state index is 12.7. The molecule has 0 N–H and O–H groups in total. The lowest BCUT2D eigenvalue weighted by atomic mass is 10.2. The van der Waals surface area contributed by atoms with Crippen LogP contribution in [0, 0.1) is 0 Å². The van der Waals surface area contributed by atoms with Crippen molar-refractivity contribution in [2.24, 2.45) is 0 Å². The second kappa shape index (κ2) is 5.73. The molecule has 22 heavy (non-hydrogen) atoms. The lowest BCUT2D eigenvalue weighted by Crippen LogP contribution is -2.42. The van der Waals surface area contributed by atoms with Crippen LogP contribution in [0.15, 0.2) is 23.8 Å². The third kappa shape index (κ3) is 2.74. The molecule has 0 aromatic carbocycles. The van der Waals surface area contributed by atoms with E-state index in [1.807, 2.05) is 5.38 Å². The van der Waals surface area contributed by atoms with Crippen molar-refractivity contribution in [2.45, 2.75) is 24.9 Å². The molecule has 2 fully saturated rings. The summed E-state index contributed by atoms with van der Waals surface area (Å²) in [7, 11) is 0. The van der Waals surface area contributed by atoms with E-state index < -0.39 is 0 Å². The van der Waals surface area contributed by atoms with E-state index in [9.17, 15) is 4.79 Å². The number of morpholine rings is 1. The molecule has 1 saturated carbocycles. The number of thiazole rings is 1. The molecule has 4 rings (SSSR count). The molecule has 1 atom stereocenters. The van der Waals surface area contributed by atoms with Crippen LogP contribution in [0.2, 0.25) is 0 Å². The van der Waals surface area contributed by atoms with Crippen molar-refractivity contribution in [3.8, 4) is 0 Å². The van der Waals surface area contributed by atoms with E-state index in [0.29, 0.717) is 31.3 Å². The molecule has 1 aliphatic heterocycles. The SMILES string of the molecule is O=C(c1ccnc(C2CC2)n1)N1CCOC(c2nccs2)C1. The highest BCUT2D eigenvalue weighted by Gasteiger charge is 2.30. The fourth-order valence-electron chi connectivity index (χ4n) is 2.57. The molecular weight excluding hydrogens is 300 g/mol. The summed E-state index contributed by atoms with van der Waals surface area (Å²) in [5.74, 6) is 1.20. The molecule has 2 aliphatic rings. The number of hydrogen-bond acceptors (Lipinski definition) is 6. The second-order valence-electron chi connectivity index (χ2n) is 5.56. The molecule has 1 amide bonds. The van der Waals surface area contributed by atoms with Gasteiger partial charge >= 0.3 is 0 Å². The fourth-order valence-corrected chi connectivity index (χ4v) is 3.25. The first-order valence-electron chi connectivity index (χ1n) is 7.44. The van der Waals surface area contributed by atoms with Crippen molar-refractivity contribution < 1.29 is 9.53 Å². The molecule has 2 aromatic heterocycles. The van der Waals surface area contributed by atoms with Crippen LogP contribution in [0.25, 0.3) is 0 Å². The van der Waals surface area contributed by atoms with Gasteiger partial charge < -0.3 is 9.64 Å². The van der Waals surface area contributed by atoms with E-state index in [2.05, 4.69) is 15.0 Å². The van der Waals surface area contributed by atoms with Crippen molar-refractivity contribution in [1.29, 1.82) is 0 Å². The number of carbonyl (C=O) groups excluding carboxylic acids is 1. The van der Waals surface area contributed by atoms with Crippen molar-refractivity contribution in [1.82, 2.24) is 19.9 Å². The lowest BCUT2D eigenvalue weighted by molar-refractivity contribution is -0.0231.